The number of hydrogen-bond acceptors (Lipinski definition) is 2. The molecule has 0 aromatic rings. The molecular formula is C8H16N2. The van der Waals surface area contributed by atoms with Gasteiger partial charge in [0.1, 0.15) is 0 Å². The van der Waals surface area contributed by atoms with E-state index in [1.165, 1.54) is 11.4 Å². The lowest BCUT2D eigenvalue weighted by Crippen LogP contribution is -2.42. The fourth-order valence-corrected chi connectivity index (χ4v) is 1.16. The van der Waals surface area contributed by atoms with Crippen LogP contribution in [0.5, 0.6) is 0 Å². The molecule has 1 aliphatic heterocycles. The van der Waals surface area contributed by atoms with Crippen molar-refractivity contribution in [3.8, 4) is 0 Å². The van der Waals surface area contributed by atoms with Gasteiger partial charge in [0, 0.05) is 31.0 Å². The summed E-state index contributed by atoms with van der Waals surface area (Å²) in [6.45, 7) is 7.57. The summed E-state index contributed by atoms with van der Waals surface area (Å²) >= 11 is 0. The minimum Gasteiger partial charge on any atom is -0.385 e. The zero-order valence-corrected chi connectivity index (χ0v) is 7.23. The van der Waals surface area contributed by atoms with Crippen molar-refractivity contribution in [3.05, 3.63) is 11.4 Å². The van der Waals surface area contributed by atoms with E-state index in [2.05, 4.69) is 38.0 Å². The zero-order chi connectivity index (χ0) is 7.72. The van der Waals surface area contributed by atoms with Gasteiger partial charge >= 0.3 is 0 Å². The summed E-state index contributed by atoms with van der Waals surface area (Å²) in [5, 5.41) is 3.35. The molecule has 0 radical (unpaired) electrons. The molecule has 2 heteroatoms. The monoisotopic (exact) mass is 140 g/mol. The summed E-state index contributed by atoms with van der Waals surface area (Å²) in [6.07, 6.45) is 0. The molecule has 58 valence electrons. The number of hydrogen-bond donors (Lipinski definition) is 1. The molecule has 0 spiro atoms. The van der Waals surface area contributed by atoms with Gasteiger partial charge in [-0.05, 0) is 20.8 Å². The summed E-state index contributed by atoms with van der Waals surface area (Å²) in [7, 11) is 2.14. The van der Waals surface area contributed by atoms with Crippen LogP contribution in [0.15, 0.2) is 11.4 Å². The van der Waals surface area contributed by atoms with E-state index in [1.54, 1.807) is 0 Å². The first-order valence-electron chi connectivity index (χ1n) is 3.77. The van der Waals surface area contributed by atoms with Crippen molar-refractivity contribution in [2.75, 3.05) is 13.6 Å². The summed E-state index contributed by atoms with van der Waals surface area (Å²) in [5.41, 5.74) is 2.67. The highest BCUT2D eigenvalue weighted by molar-refractivity contribution is 5.11. The minimum absolute atomic E-state index is 0.628. The first-order valence-corrected chi connectivity index (χ1v) is 3.77. The van der Waals surface area contributed by atoms with Crippen LogP contribution in [-0.2, 0) is 0 Å². The molecule has 1 heterocycles. The lowest BCUT2D eigenvalue weighted by molar-refractivity contribution is 0.290. The van der Waals surface area contributed by atoms with Gasteiger partial charge in [-0.2, -0.15) is 0 Å². The molecule has 1 aliphatic rings. The van der Waals surface area contributed by atoms with Gasteiger partial charge in [0.05, 0.1) is 0 Å². The van der Waals surface area contributed by atoms with Gasteiger partial charge in [0.2, 0.25) is 0 Å². The number of rotatable bonds is 0. The van der Waals surface area contributed by atoms with Crippen LogP contribution in [-0.4, -0.2) is 24.5 Å². The van der Waals surface area contributed by atoms with E-state index < -0.39 is 0 Å². The average Bonchev–Trinajstić information content (AvgIpc) is 1.93. The zero-order valence-electron chi connectivity index (χ0n) is 7.23. The van der Waals surface area contributed by atoms with E-state index in [0.29, 0.717) is 6.04 Å². The Labute approximate surface area is 62.9 Å². The Kier molecular flexibility index (Phi) is 1.88. The molecule has 0 fully saturated rings. The van der Waals surface area contributed by atoms with E-state index in [0.717, 1.165) is 6.54 Å². The largest absolute Gasteiger partial charge is 0.385 e. The van der Waals surface area contributed by atoms with Crippen molar-refractivity contribution in [3.63, 3.8) is 0 Å². The van der Waals surface area contributed by atoms with E-state index in [1.807, 2.05) is 0 Å². The van der Waals surface area contributed by atoms with Crippen LogP contribution >= 0.6 is 0 Å². The van der Waals surface area contributed by atoms with Crippen LogP contribution in [0.3, 0.4) is 0 Å². The van der Waals surface area contributed by atoms with Crippen LogP contribution in [0, 0.1) is 0 Å². The highest BCUT2D eigenvalue weighted by Gasteiger charge is 2.15. The number of nitrogens with one attached hydrogen (secondary N) is 1. The Hall–Kier alpha value is -0.660. The van der Waals surface area contributed by atoms with Crippen LogP contribution in [0.25, 0.3) is 0 Å². The first kappa shape index (κ1) is 7.45. The minimum atomic E-state index is 0.628. The van der Waals surface area contributed by atoms with Crippen LogP contribution in [0.1, 0.15) is 20.8 Å². The predicted molar refractivity (Wildman–Crippen MR) is 43.6 cm³/mol. The molecule has 0 amide bonds. The summed E-state index contributed by atoms with van der Waals surface area (Å²) in [6, 6.07) is 0.628. The second kappa shape index (κ2) is 2.52. The van der Waals surface area contributed by atoms with Crippen molar-refractivity contribution < 1.29 is 0 Å². The van der Waals surface area contributed by atoms with E-state index >= 15 is 0 Å². The van der Waals surface area contributed by atoms with Gasteiger partial charge in [0.25, 0.3) is 0 Å². The molecule has 1 unspecified atom stereocenters. The first-order chi connectivity index (χ1) is 4.63. The smallest absolute Gasteiger partial charge is 0.0428 e. The van der Waals surface area contributed by atoms with Crippen molar-refractivity contribution >= 4 is 0 Å². The number of likely N-dealkylation sites (N-methyl/N-ethyl adjacent to an activating group) is 1. The third-order valence-corrected chi connectivity index (χ3v) is 2.40. The van der Waals surface area contributed by atoms with E-state index in [4.69, 9.17) is 0 Å². The molecule has 0 aromatic heterocycles. The number of nitrogens with zero attached hydrogens (tertiary/aromatic N) is 1. The van der Waals surface area contributed by atoms with E-state index in [9.17, 15) is 0 Å². The van der Waals surface area contributed by atoms with Crippen molar-refractivity contribution in [1.29, 1.82) is 0 Å². The lowest BCUT2D eigenvalue weighted by atomic mass is 10.2. The molecule has 10 heavy (non-hydrogen) atoms. The summed E-state index contributed by atoms with van der Waals surface area (Å²) in [5.74, 6) is 0. The topological polar surface area (TPSA) is 15.3 Å². The Balaban J connectivity index is 2.77. The molecule has 0 aromatic carbocycles. The Morgan fingerprint density at radius 2 is 2.10 bits per heavy atom. The van der Waals surface area contributed by atoms with Crippen LogP contribution in [0.4, 0.5) is 0 Å². The molecule has 0 aliphatic carbocycles. The molecular weight excluding hydrogens is 124 g/mol. The van der Waals surface area contributed by atoms with Gasteiger partial charge in [-0.15, -0.1) is 0 Å². The van der Waals surface area contributed by atoms with Gasteiger partial charge in [-0.25, -0.2) is 0 Å². The summed E-state index contributed by atoms with van der Waals surface area (Å²) < 4.78 is 0. The Morgan fingerprint density at radius 3 is 2.60 bits per heavy atom. The standard InChI is InChI=1S/C8H16N2/c1-6-5-9-7(2)8(3)10(6)4/h6,9H,5H2,1-4H3. The highest BCUT2D eigenvalue weighted by atomic mass is 15.2. The van der Waals surface area contributed by atoms with Crippen LogP contribution < -0.4 is 5.32 Å². The molecule has 0 saturated carbocycles. The number of allylic oxidation sites excluding steroid dienone is 2. The quantitative estimate of drug-likeness (QED) is 0.543. The Morgan fingerprint density at radius 1 is 1.50 bits per heavy atom. The van der Waals surface area contributed by atoms with Gasteiger partial charge in [0.15, 0.2) is 0 Å². The molecule has 0 bridgehead atoms. The molecule has 0 saturated heterocycles. The SMILES string of the molecule is CC1=C(C)N(C)C(C)CN1. The van der Waals surface area contributed by atoms with Crippen molar-refractivity contribution in [2.24, 2.45) is 0 Å². The summed E-state index contributed by atoms with van der Waals surface area (Å²) in [4.78, 5) is 2.31. The van der Waals surface area contributed by atoms with Crippen LogP contribution in [0.2, 0.25) is 0 Å². The van der Waals surface area contributed by atoms with Gasteiger partial charge < -0.3 is 10.2 Å². The third-order valence-electron chi connectivity index (χ3n) is 2.40. The van der Waals surface area contributed by atoms with Gasteiger partial charge in [-0.3, -0.25) is 0 Å². The fraction of sp³-hybridized carbons (Fsp3) is 0.750. The van der Waals surface area contributed by atoms with Crippen molar-refractivity contribution in [2.45, 2.75) is 26.8 Å². The maximum Gasteiger partial charge on any atom is 0.0428 e. The molecule has 1 rings (SSSR count). The Bertz CT molecular complexity index is 161. The predicted octanol–water partition coefficient (Wildman–Crippen LogP) is 1.16. The van der Waals surface area contributed by atoms with Crippen molar-refractivity contribution in [1.82, 2.24) is 10.2 Å². The molecule has 1 atom stereocenters. The molecule has 2 nitrogen and oxygen atoms in total. The second-order valence-electron chi connectivity index (χ2n) is 3.05. The average molecular weight is 140 g/mol. The normalized spacial score (nSPS) is 26.8. The second-order valence-corrected chi connectivity index (χ2v) is 3.05. The maximum atomic E-state index is 3.35. The highest BCUT2D eigenvalue weighted by Crippen LogP contribution is 2.13. The molecule has 1 N–H and O–H groups in total. The maximum absolute atomic E-state index is 3.35. The fourth-order valence-electron chi connectivity index (χ4n) is 1.16. The lowest BCUT2D eigenvalue weighted by Gasteiger charge is -2.34. The van der Waals surface area contributed by atoms with E-state index in [-0.39, 0.29) is 0 Å². The third kappa shape index (κ3) is 1.11. The van der Waals surface area contributed by atoms with Gasteiger partial charge in [-0.1, -0.05) is 0 Å².